The van der Waals surface area contributed by atoms with Crippen LogP contribution in [0.1, 0.15) is 10.9 Å². The Morgan fingerprint density at radius 1 is 1.28 bits per heavy atom. The van der Waals surface area contributed by atoms with Crippen LogP contribution in [0.3, 0.4) is 0 Å². The highest BCUT2D eigenvalue weighted by atomic mass is 79.9. The lowest BCUT2D eigenvalue weighted by atomic mass is 10.2. The molecule has 0 aliphatic carbocycles. The molecule has 2 atom stereocenters. The summed E-state index contributed by atoms with van der Waals surface area (Å²) >= 11 is 6.85. The molecule has 1 amide bonds. The van der Waals surface area contributed by atoms with Crippen molar-refractivity contribution in [3.8, 4) is 16.3 Å². The highest BCUT2D eigenvalue weighted by molar-refractivity contribution is 9.11. The first-order valence-electron chi connectivity index (χ1n) is 7.69. The fourth-order valence-corrected chi connectivity index (χ4v) is 5.39. The molecule has 0 saturated carbocycles. The Morgan fingerprint density at radius 3 is 2.72 bits per heavy atom. The molecular formula is C17H15BrN4OS2. The number of amides is 1. The first-order valence-corrected chi connectivity index (χ1v) is 10.4. The van der Waals surface area contributed by atoms with Crippen molar-refractivity contribution in [2.24, 2.45) is 5.73 Å². The molecule has 0 spiro atoms. The zero-order valence-electron chi connectivity index (χ0n) is 13.1. The van der Waals surface area contributed by atoms with E-state index in [0.29, 0.717) is 5.75 Å². The summed E-state index contributed by atoms with van der Waals surface area (Å²) in [5.41, 5.74) is 8.43. The third-order valence-corrected chi connectivity index (χ3v) is 6.86. The van der Waals surface area contributed by atoms with Crippen molar-refractivity contribution in [2.75, 3.05) is 5.75 Å². The van der Waals surface area contributed by atoms with Crippen molar-refractivity contribution in [2.45, 2.75) is 11.4 Å². The van der Waals surface area contributed by atoms with Gasteiger partial charge < -0.3 is 5.73 Å². The molecular weight excluding hydrogens is 420 g/mol. The number of primary amides is 1. The highest BCUT2D eigenvalue weighted by Crippen LogP contribution is 2.40. The molecule has 3 aromatic rings. The Bertz CT molecular complexity index is 909. The maximum atomic E-state index is 11.5. The fraction of sp³-hybridized carbons (Fsp3) is 0.176. The van der Waals surface area contributed by atoms with Gasteiger partial charge in [0.15, 0.2) is 0 Å². The molecule has 5 nitrogen and oxygen atoms in total. The zero-order chi connectivity index (χ0) is 17.4. The fourth-order valence-electron chi connectivity index (χ4n) is 2.74. The maximum absolute atomic E-state index is 11.5. The van der Waals surface area contributed by atoms with E-state index < -0.39 is 0 Å². The van der Waals surface area contributed by atoms with Gasteiger partial charge in [0.05, 0.1) is 25.8 Å². The number of nitrogens with two attached hydrogens (primary N) is 1. The number of aromatic nitrogens is 2. The van der Waals surface area contributed by atoms with Gasteiger partial charge in [-0.2, -0.15) is 5.10 Å². The van der Waals surface area contributed by atoms with E-state index in [1.807, 2.05) is 47.3 Å². The van der Waals surface area contributed by atoms with Crippen molar-refractivity contribution in [3.63, 3.8) is 0 Å². The largest absolute Gasteiger partial charge is 0.368 e. The number of thioether (sulfide) groups is 1. The average molecular weight is 435 g/mol. The third kappa shape index (κ3) is 3.39. The summed E-state index contributed by atoms with van der Waals surface area (Å²) in [6.45, 7) is 0. The van der Waals surface area contributed by atoms with Crippen LogP contribution in [0.25, 0.3) is 16.3 Å². The van der Waals surface area contributed by atoms with Gasteiger partial charge in [-0.1, -0.05) is 18.2 Å². The third-order valence-electron chi connectivity index (χ3n) is 3.98. The lowest BCUT2D eigenvalue weighted by Gasteiger charge is -2.10. The van der Waals surface area contributed by atoms with Crippen molar-refractivity contribution in [3.05, 3.63) is 58.0 Å². The SMILES string of the molecule is NC(=O)[C@H]1CSC(c2cn(-c3ccccc3)nc2-c2ccc(Br)s2)N1. The van der Waals surface area contributed by atoms with E-state index >= 15 is 0 Å². The highest BCUT2D eigenvalue weighted by Gasteiger charge is 2.32. The molecule has 0 bridgehead atoms. The summed E-state index contributed by atoms with van der Waals surface area (Å²) in [6.07, 6.45) is 2.03. The summed E-state index contributed by atoms with van der Waals surface area (Å²) < 4.78 is 2.95. The van der Waals surface area contributed by atoms with Gasteiger partial charge in [0.2, 0.25) is 5.91 Å². The standard InChI is InChI=1S/C17H15BrN4OS2/c18-14-7-6-13(25-14)15-11(17-20-12(9-24-17)16(19)23)8-22(21-15)10-4-2-1-3-5-10/h1-8,12,17,20H,9H2,(H2,19,23)/t12-,17?/m1/s1. The minimum absolute atomic E-state index is 0.00848. The van der Waals surface area contributed by atoms with Crippen LogP contribution in [0.4, 0.5) is 0 Å². The second kappa shape index (κ2) is 6.95. The van der Waals surface area contributed by atoms with E-state index in [2.05, 4.69) is 27.3 Å². The molecule has 128 valence electrons. The van der Waals surface area contributed by atoms with Crippen LogP contribution in [0.5, 0.6) is 0 Å². The molecule has 25 heavy (non-hydrogen) atoms. The molecule has 1 fully saturated rings. The van der Waals surface area contributed by atoms with Crippen LogP contribution < -0.4 is 11.1 Å². The van der Waals surface area contributed by atoms with Gasteiger partial charge in [0.1, 0.15) is 5.69 Å². The topological polar surface area (TPSA) is 72.9 Å². The molecule has 1 aromatic carbocycles. The minimum Gasteiger partial charge on any atom is -0.368 e. The van der Waals surface area contributed by atoms with Crippen molar-refractivity contribution in [1.29, 1.82) is 0 Å². The monoisotopic (exact) mass is 434 g/mol. The van der Waals surface area contributed by atoms with Gasteiger partial charge in [0.25, 0.3) is 0 Å². The molecule has 0 radical (unpaired) electrons. The van der Waals surface area contributed by atoms with Crippen LogP contribution >= 0.6 is 39.0 Å². The number of thiophene rings is 1. The first-order chi connectivity index (χ1) is 12.1. The molecule has 1 aliphatic rings. The van der Waals surface area contributed by atoms with Gasteiger partial charge in [-0.15, -0.1) is 23.1 Å². The smallest absolute Gasteiger partial charge is 0.235 e. The van der Waals surface area contributed by atoms with Gasteiger partial charge in [-0.3, -0.25) is 10.1 Å². The summed E-state index contributed by atoms with van der Waals surface area (Å²) in [5.74, 6) is 0.357. The van der Waals surface area contributed by atoms with E-state index in [0.717, 1.165) is 25.6 Å². The lowest BCUT2D eigenvalue weighted by Crippen LogP contribution is -2.38. The van der Waals surface area contributed by atoms with E-state index in [9.17, 15) is 4.79 Å². The zero-order valence-corrected chi connectivity index (χ0v) is 16.3. The maximum Gasteiger partial charge on any atom is 0.235 e. The molecule has 1 aliphatic heterocycles. The van der Waals surface area contributed by atoms with Crippen LogP contribution in [0, 0.1) is 0 Å². The van der Waals surface area contributed by atoms with Crippen molar-refractivity contribution in [1.82, 2.24) is 15.1 Å². The van der Waals surface area contributed by atoms with Crippen LogP contribution in [0.15, 0.2) is 52.4 Å². The number of rotatable bonds is 4. The number of hydrogen-bond acceptors (Lipinski definition) is 5. The summed E-state index contributed by atoms with van der Waals surface area (Å²) in [5, 5.41) is 8.12. The number of benzene rings is 1. The Labute approximate surface area is 161 Å². The number of nitrogens with one attached hydrogen (secondary N) is 1. The number of carbonyl (C=O) groups is 1. The van der Waals surface area contributed by atoms with Gasteiger partial charge in [0, 0.05) is 17.5 Å². The summed E-state index contributed by atoms with van der Waals surface area (Å²) in [4.78, 5) is 12.6. The normalized spacial score (nSPS) is 20.0. The quantitative estimate of drug-likeness (QED) is 0.658. The number of nitrogens with zero attached hydrogens (tertiary/aromatic N) is 2. The lowest BCUT2D eigenvalue weighted by molar-refractivity contribution is -0.119. The van der Waals surface area contributed by atoms with E-state index in [1.165, 1.54) is 0 Å². The predicted molar refractivity (Wildman–Crippen MR) is 106 cm³/mol. The summed E-state index contributed by atoms with van der Waals surface area (Å²) in [6, 6.07) is 13.8. The van der Waals surface area contributed by atoms with Crippen LogP contribution in [0.2, 0.25) is 0 Å². The van der Waals surface area contributed by atoms with Gasteiger partial charge in [-0.25, -0.2) is 4.68 Å². The molecule has 3 heterocycles. The Hall–Kier alpha value is -1.61. The molecule has 1 saturated heterocycles. The van der Waals surface area contributed by atoms with Gasteiger partial charge >= 0.3 is 0 Å². The van der Waals surface area contributed by atoms with Crippen LogP contribution in [-0.4, -0.2) is 27.5 Å². The Morgan fingerprint density at radius 2 is 2.08 bits per heavy atom. The average Bonchev–Trinajstić information content (AvgIpc) is 3.34. The number of carbonyl (C=O) groups excluding carboxylic acids is 1. The number of hydrogen-bond donors (Lipinski definition) is 2. The first kappa shape index (κ1) is 16.8. The predicted octanol–water partition coefficient (Wildman–Crippen LogP) is 3.55. The van der Waals surface area contributed by atoms with E-state index in [1.54, 1.807) is 23.1 Å². The van der Waals surface area contributed by atoms with E-state index in [4.69, 9.17) is 10.8 Å². The van der Waals surface area contributed by atoms with Gasteiger partial charge in [-0.05, 0) is 40.2 Å². The number of para-hydroxylation sites is 1. The van der Waals surface area contributed by atoms with Crippen LogP contribution in [-0.2, 0) is 4.79 Å². The molecule has 4 rings (SSSR count). The molecule has 8 heteroatoms. The second-order valence-electron chi connectivity index (χ2n) is 5.65. The van der Waals surface area contributed by atoms with E-state index in [-0.39, 0.29) is 17.3 Å². The number of halogens is 1. The Kier molecular flexibility index (Phi) is 4.68. The minimum atomic E-state index is -0.314. The molecule has 3 N–H and O–H groups in total. The second-order valence-corrected chi connectivity index (χ2v) is 9.25. The molecule has 2 aromatic heterocycles. The van der Waals surface area contributed by atoms with Crippen molar-refractivity contribution < 1.29 is 4.79 Å². The Balaban J connectivity index is 1.76. The summed E-state index contributed by atoms with van der Waals surface area (Å²) in [7, 11) is 0. The molecule has 1 unspecified atom stereocenters. The van der Waals surface area contributed by atoms with Crippen molar-refractivity contribution >= 4 is 44.9 Å².